The summed E-state index contributed by atoms with van der Waals surface area (Å²) in [6.45, 7) is 2.19. The summed E-state index contributed by atoms with van der Waals surface area (Å²) >= 11 is 0. The fourth-order valence-electron chi connectivity index (χ4n) is 3.59. The Hall–Kier alpha value is -1.16. The molecule has 0 aromatic rings. The summed E-state index contributed by atoms with van der Waals surface area (Å²) in [6, 6.07) is 0. The Morgan fingerprint density at radius 2 is 1.88 bits per heavy atom. The predicted octanol–water partition coefficient (Wildman–Crippen LogP) is 4.50. The molecule has 0 spiro atoms. The average Bonchev–Trinajstić information content (AvgIpc) is 2.80. The van der Waals surface area contributed by atoms with Gasteiger partial charge in [-0.1, -0.05) is 51.2 Å². The number of aliphatic carboxylic acids is 1. The first kappa shape index (κ1) is 20.9. The summed E-state index contributed by atoms with van der Waals surface area (Å²) in [7, 11) is 0. The van der Waals surface area contributed by atoms with E-state index in [4.69, 9.17) is 5.11 Å². The zero-order valence-electron chi connectivity index (χ0n) is 15.1. The minimum atomic E-state index is -0.741. The number of Topliss-reactive ketones (excluding diaryl/α,β-unsaturated/α-hetero) is 1. The number of aliphatic hydroxyl groups excluding tert-OH is 1. The number of hydrogen-bond donors (Lipinski definition) is 2. The van der Waals surface area contributed by atoms with Gasteiger partial charge in [-0.05, 0) is 38.0 Å². The molecule has 1 saturated carbocycles. The lowest BCUT2D eigenvalue weighted by Crippen LogP contribution is -2.20. The van der Waals surface area contributed by atoms with E-state index in [0.717, 1.165) is 38.5 Å². The molecule has 0 bridgehead atoms. The van der Waals surface area contributed by atoms with Crippen LogP contribution in [0.2, 0.25) is 0 Å². The Balaban J connectivity index is 2.29. The standard InChI is InChI=1S/C20H34O4/c1-2-3-4-5-6-9-12-16-17(19(22)15-18(16)21)13-10-7-8-11-14-20(23)24/h6,9,16-18,21H,2-5,7-8,10-15H2,1H3,(H,23,24)/b9-6+/t16-,17-,18-/m1/s1. The van der Waals surface area contributed by atoms with Gasteiger partial charge in [-0.25, -0.2) is 0 Å². The number of hydrogen-bond acceptors (Lipinski definition) is 3. The number of aliphatic hydroxyl groups is 1. The molecular weight excluding hydrogens is 304 g/mol. The second-order valence-electron chi connectivity index (χ2n) is 7.06. The molecule has 1 aliphatic carbocycles. The van der Waals surface area contributed by atoms with Gasteiger partial charge >= 0.3 is 5.97 Å². The average molecular weight is 338 g/mol. The summed E-state index contributed by atoms with van der Waals surface area (Å²) in [5.41, 5.74) is 0. The molecule has 1 fully saturated rings. The summed E-state index contributed by atoms with van der Waals surface area (Å²) in [5.74, 6) is -0.481. The molecule has 0 unspecified atom stereocenters. The molecular formula is C20H34O4. The van der Waals surface area contributed by atoms with Crippen molar-refractivity contribution in [1.29, 1.82) is 0 Å². The fraction of sp³-hybridized carbons (Fsp3) is 0.800. The van der Waals surface area contributed by atoms with E-state index in [9.17, 15) is 14.7 Å². The van der Waals surface area contributed by atoms with Crippen LogP contribution in [-0.2, 0) is 9.59 Å². The van der Waals surface area contributed by atoms with E-state index in [1.165, 1.54) is 19.3 Å². The summed E-state index contributed by atoms with van der Waals surface area (Å²) < 4.78 is 0. The molecule has 0 heterocycles. The van der Waals surface area contributed by atoms with Crippen molar-refractivity contribution in [3.8, 4) is 0 Å². The van der Waals surface area contributed by atoms with Crippen molar-refractivity contribution in [2.45, 2.75) is 90.1 Å². The van der Waals surface area contributed by atoms with Gasteiger partial charge in [-0.3, -0.25) is 9.59 Å². The topological polar surface area (TPSA) is 74.6 Å². The molecule has 0 aromatic carbocycles. The molecule has 4 nitrogen and oxygen atoms in total. The van der Waals surface area contributed by atoms with Crippen molar-refractivity contribution in [2.24, 2.45) is 11.8 Å². The van der Waals surface area contributed by atoms with Crippen molar-refractivity contribution in [3.63, 3.8) is 0 Å². The van der Waals surface area contributed by atoms with E-state index < -0.39 is 12.1 Å². The van der Waals surface area contributed by atoms with Gasteiger partial charge in [0.1, 0.15) is 5.78 Å². The number of rotatable bonds is 13. The molecule has 2 N–H and O–H groups in total. The molecule has 1 aliphatic rings. The SMILES string of the molecule is CCCCC/C=C/C[C@H]1[C@H](O)CC(=O)[C@@H]1CCCCCCC(=O)O. The third kappa shape index (κ3) is 8.09. The Kier molecular flexibility index (Phi) is 10.6. The lowest BCUT2D eigenvalue weighted by atomic mass is 9.86. The third-order valence-electron chi connectivity index (χ3n) is 5.04. The maximum atomic E-state index is 12.1. The van der Waals surface area contributed by atoms with Gasteiger partial charge < -0.3 is 10.2 Å². The van der Waals surface area contributed by atoms with Crippen LogP contribution < -0.4 is 0 Å². The number of ketones is 1. The fourth-order valence-corrected chi connectivity index (χ4v) is 3.59. The quantitative estimate of drug-likeness (QED) is 0.383. The summed E-state index contributed by atoms with van der Waals surface area (Å²) in [6.07, 6.45) is 14.3. The van der Waals surface area contributed by atoms with Gasteiger partial charge in [0, 0.05) is 18.8 Å². The molecule has 0 aromatic heterocycles. The predicted molar refractivity (Wildman–Crippen MR) is 95.8 cm³/mol. The molecule has 0 aliphatic heterocycles. The van der Waals surface area contributed by atoms with Gasteiger partial charge in [-0.2, -0.15) is 0 Å². The highest BCUT2D eigenvalue weighted by molar-refractivity contribution is 5.84. The molecule has 0 radical (unpaired) electrons. The largest absolute Gasteiger partial charge is 0.481 e. The van der Waals surface area contributed by atoms with Crippen LogP contribution in [0.1, 0.15) is 84.0 Å². The smallest absolute Gasteiger partial charge is 0.303 e. The van der Waals surface area contributed by atoms with Crippen LogP contribution in [-0.4, -0.2) is 28.1 Å². The second-order valence-corrected chi connectivity index (χ2v) is 7.06. The lowest BCUT2D eigenvalue weighted by Gasteiger charge is -2.19. The highest BCUT2D eigenvalue weighted by Crippen LogP contribution is 2.35. The first-order valence-corrected chi connectivity index (χ1v) is 9.63. The van der Waals surface area contributed by atoms with E-state index in [-0.39, 0.29) is 24.0 Å². The first-order chi connectivity index (χ1) is 11.6. The Morgan fingerprint density at radius 1 is 1.12 bits per heavy atom. The molecule has 3 atom stereocenters. The molecule has 0 saturated heterocycles. The number of carboxylic acids is 1. The molecule has 0 amide bonds. The van der Waals surface area contributed by atoms with Gasteiger partial charge in [0.25, 0.3) is 0 Å². The van der Waals surface area contributed by atoms with Crippen LogP contribution in [0.5, 0.6) is 0 Å². The normalized spacial score (nSPS) is 24.1. The van der Waals surface area contributed by atoms with Gasteiger partial charge in [0.15, 0.2) is 0 Å². The van der Waals surface area contributed by atoms with Crippen LogP contribution in [0, 0.1) is 11.8 Å². The first-order valence-electron chi connectivity index (χ1n) is 9.63. The Labute approximate surface area is 146 Å². The zero-order chi connectivity index (χ0) is 17.8. The van der Waals surface area contributed by atoms with E-state index >= 15 is 0 Å². The van der Waals surface area contributed by atoms with Crippen molar-refractivity contribution in [1.82, 2.24) is 0 Å². The van der Waals surface area contributed by atoms with E-state index in [0.29, 0.717) is 12.8 Å². The van der Waals surface area contributed by atoms with Crippen LogP contribution >= 0.6 is 0 Å². The van der Waals surface area contributed by atoms with Crippen LogP contribution in [0.3, 0.4) is 0 Å². The van der Waals surface area contributed by atoms with E-state index in [1.54, 1.807) is 0 Å². The number of allylic oxidation sites excluding steroid dienone is 2. The van der Waals surface area contributed by atoms with Gasteiger partial charge in [0.2, 0.25) is 0 Å². The third-order valence-corrected chi connectivity index (χ3v) is 5.04. The summed E-state index contributed by atoms with van der Waals surface area (Å²) in [4.78, 5) is 22.6. The minimum Gasteiger partial charge on any atom is -0.481 e. The van der Waals surface area contributed by atoms with E-state index in [1.807, 2.05) is 0 Å². The second kappa shape index (κ2) is 12.2. The lowest BCUT2D eigenvalue weighted by molar-refractivity contribution is -0.137. The monoisotopic (exact) mass is 338 g/mol. The maximum absolute atomic E-state index is 12.1. The number of carboxylic acid groups (broad SMARTS) is 1. The van der Waals surface area contributed by atoms with Crippen molar-refractivity contribution < 1.29 is 19.8 Å². The Morgan fingerprint density at radius 3 is 2.58 bits per heavy atom. The van der Waals surface area contributed by atoms with Crippen LogP contribution in [0.15, 0.2) is 12.2 Å². The summed E-state index contributed by atoms with van der Waals surface area (Å²) in [5, 5.41) is 18.8. The molecule has 4 heteroatoms. The molecule has 1 rings (SSSR count). The van der Waals surface area contributed by atoms with Crippen LogP contribution in [0.25, 0.3) is 0 Å². The maximum Gasteiger partial charge on any atom is 0.303 e. The van der Waals surface area contributed by atoms with Crippen molar-refractivity contribution >= 4 is 11.8 Å². The molecule has 138 valence electrons. The number of carbonyl (C=O) groups is 2. The van der Waals surface area contributed by atoms with E-state index in [2.05, 4.69) is 19.1 Å². The number of carbonyl (C=O) groups excluding carboxylic acids is 1. The highest BCUT2D eigenvalue weighted by atomic mass is 16.4. The van der Waals surface area contributed by atoms with Crippen molar-refractivity contribution in [2.75, 3.05) is 0 Å². The zero-order valence-corrected chi connectivity index (χ0v) is 15.1. The minimum absolute atomic E-state index is 0.0141. The molecule has 24 heavy (non-hydrogen) atoms. The van der Waals surface area contributed by atoms with Crippen molar-refractivity contribution in [3.05, 3.63) is 12.2 Å². The van der Waals surface area contributed by atoms with Gasteiger partial charge in [-0.15, -0.1) is 0 Å². The van der Waals surface area contributed by atoms with Gasteiger partial charge in [0.05, 0.1) is 6.10 Å². The van der Waals surface area contributed by atoms with Crippen LogP contribution in [0.4, 0.5) is 0 Å². The Bertz CT molecular complexity index is 402. The number of unbranched alkanes of at least 4 members (excludes halogenated alkanes) is 6. The highest BCUT2D eigenvalue weighted by Gasteiger charge is 2.39.